The molecule has 1 aromatic heterocycles. The van der Waals surface area contributed by atoms with Crippen molar-refractivity contribution in [3.8, 4) is 11.5 Å². The quantitative estimate of drug-likeness (QED) is 0.297. The molecule has 1 aliphatic rings. The Kier molecular flexibility index (Phi) is 10.6. The van der Waals surface area contributed by atoms with E-state index in [0.29, 0.717) is 6.04 Å². The minimum atomic E-state index is 0. The van der Waals surface area contributed by atoms with Crippen molar-refractivity contribution in [1.29, 1.82) is 0 Å². The zero-order valence-corrected chi connectivity index (χ0v) is 21.2. The largest absolute Gasteiger partial charge is 0.497 e. The molecule has 166 valence electrons. The van der Waals surface area contributed by atoms with Crippen molar-refractivity contribution in [1.82, 2.24) is 10.6 Å². The first kappa shape index (κ1) is 24.6. The van der Waals surface area contributed by atoms with Crippen molar-refractivity contribution in [3.05, 3.63) is 40.6 Å². The van der Waals surface area contributed by atoms with Crippen LogP contribution in [0.4, 0.5) is 5.69 Å². The summed E-state index contributed by atoms with van der Waals surface area (Å²) in [5.74, 6) is 2.57. The average molecular weight is 545 g/mol. The van der Waals surface area contributed by atoms with E-state index in [2.05, 4.69) is 52.1 Å². The number of nitrogens with zero attached hydrogens (tertiary/aromatic N) is 2. The number of halogens is 1. The molecule has 1 fully saturated rings. The predicted molar refractivity (Wildman–Crippen MR) is 137 cm³/mol. The molecule has 2 aromatic rings. The van der Waals surface area contributed by atoms with Gasteiger partial charge in [0.2, 0.25) is 0 Å². The number of guanidine groups is 1. The molecule has 1 aliphatic heterocycles. The number of rotatable bonds is 8. The number of nitrogens with one attached hydrogen (secondary N) is 2. The predicted octanol–water partition coefficient (Wildman–Crippen LogP) is 4.15. The minimum Gasteiger partial charge on any atom is -0.497 e. The first-order chi connectivity index (χ1) is 14.2. The molecule has 6 nitrogen and oxygen atoms in total. The smallest absolute Gasteiger partial charge is 0.191 e. The van der Waals surface area contributed by atoms with Gasteiger partial charge >= 0.3 is 0 Å². The summed E-state index contributed by atoms with van der Waals surface area (Å²) in [6, 6.07) is 10.8. The summed E-state index contributed by atoms with van der Waals surface area (Å²) in [4.78, 5) is 8.53. The Morgan fingerprint density at radius 2 is 1.87 bits per heavy atom. The lowest BCUT2D eigenvalue weighted by Crippen LogP contribution is -2.48. The number of methoxy groups -OCH3 is 2. The van der Waals surface area contributed by atoms with Crippen molar-refractivity contribution in [2.45, 2.75) is 32.2 Å². The van der Waals surface area contributed by atoms with E-state index in [1.54, 1.807) is 25.6 Å². The molecule has 2 N–H and O–H groups in total. The number of hydrogen-bond acceptors (Lipinski definition) is 5. The van der Waals surface area contributed by atoms with Gasteiger partial charge in [-0.25, -0.2) is 0 Å². The second-order valence-electron chi connectivity index (χ2n) is 7.07. The van der Waals surface area contributed by atoms with Crippen LogP contribution in [0.1, 0.15) is 24.6 Å². The molecule has 2 heterocycles. The number of anilines is 1. The summed E-state index contributed by atoms with van der Waals surface area (Å²) >= 11 is 1.79. The Morgan fingerprint density at radius 1 is 1.17 bits per heavy atom. The fraction of sp³-hybridized carbons (Fsp3) is 0.500. The Balaban J connectivity index is 0.00000320. The normalized spacial score (nSPS) is 14.8. The molecule has 3 rings (SSSR count). The van der Waals surface area contributed by atoms with Gasteiger partial charge in [-0.05, 0) is 31.2 Å². The zero-order chi connectivity index (χ0) is 20.5. The lowest BCUT2D eigenvalue weighted by molar-refractivity contribution is 0.393. The van der Waals surface area contributed by atoms with Gasteiger partial charge in [0.25, 0.3) is 0 Å². The van der Waals surface area contributed by atoms with E-state index in [-0.39, 0.29) is 24.0 Å². The fourth-order valence-corrected chi connectivity index (χ4v) is 4.20. The van der Waals surface area contributed by atoms with Gasteiger partial charge < -0.3 is 25.0 Å². The molecular formula is C22H33IN4O2S. The van der Waals surface area contributed by atoms with Crippen molar-refractivity contribution in [2.24, 2.45) is 4.99 Å². The molecule has 30 heavy (non-hydrogen) atoms. The lowest BCUT2D eigenvalue weighted by atomic mass is 10.0. The number of hydrogen-bond donors (Lipinski definition) is 2. The molecule has 0 atom stereocenters. The highest BCUT2D eigenvalue weighted by Crippen LogP contribution is 2.30. The van der Waals surface area contributed by atoms with E-state index < -0.39 is 0 Å². The maximum Gasteiger partial charge on any atom is 0.191 e. The van der Waals surface area contributed by atoms with E-state index in [1.165, 1.54) is 4.88 Å². The number of piperidine rings is 1. The van der Waals surface area contributed by atoms with Crippen LogP contribution in [-0.4, -0.2) is 52.4 Å². The van der Waals surface area contributed by atoms with Crippen LogP contribution in [-0.2, 0) is 6.42 Å². The summed E-state index contributed by atoms with van der Waals surface area (Å²) in [6.45, 7) is 5.76. The van der Waals surface area contributed by atoms with Crippen LogP contribution in [0.5, 0.6) is 11.5 Å². The monoisotopic (exact) mass is 544 g/mol. The van der Waals surface area contributed by atoms with E-state index >= 15 is 0 Å². The van der Waals surface area contributed by atoms with Crippen LogP contribution >= 0.6 is 35.3 Å². The van der Waals surface area contributed by atoms with Gasteiger partial charge in [-0.15, -0.1) is 35.3 Å². The van der Waals surface area contributed by atoms with E-state index in [0.717, 1.165) is 68.6 Å². The molecule has 0 unspecified atom stereocenters. The summed E-state index contributed by atoms with van der Waals surface area (Å²) in [5, 5.41) is 9.12. The Morgan fingerprint density at radius 3 is 2.43 bits per heavy atom. The highest BCUT2D eigenvalue weighted by molar-refractivity contribution is 14.0. The average Bonchev–Trinajstić information content (AvgIpc) is 3.27. The third-order valence-corrected chi connectivity index (χ3v) is 6.03. The topological polar surface area (TPSA) is 58.1 Å². The summed E-state index contributed by atoms with van der Waals surface area (Å²) in [7, 11) is 3.38. The Labute approximate surface area is 201 Å². The SMILES string of the molecule is CCNC(=NCCc1cccs1)NC1CCN(c2cc(OC)cc(OC)c2)CC1.I. The van der Waals surface area contributed by atoms with Gasteiger partial charge in [0.1, 0.15) is 11.5 Å². The molecular weight excluding hydrogens is 511 g/mol. The molecule has 8 heteroatoms. The van der Waals surface area contributed by atoms with Crippen molar-refractivity contribution >= 4 is 47.0 Å². The first-order valence-electron chi connectivity index (χ1n) is 10.3. The second-order valence-corrected chi connectivity index (χ2v) is 8.10. The van der Waals surface area contributed by atoms with Crippen LogP contribution in [0.15, 0.2) is 40.7 Å². The molecule has 0 radical (unpaired) electrons. The standard InChI is InChI=1S/C22H32N4O2S.HI/c1-4-23-22(24-10-7-21-6-5-13-29-21)25-17-8-11-26(12-9-17)18-14-19(27-2)16-20(15-18)28-3;/h5-6,13-17H,4,7-12H2,1-3H3,(H2,23,24,25);1H. The minimum absolute atomic E-state index is 0. The third kappa shape index (κ3) is 7.23. The maximum absolute atomic E-state index is 5.41. The molecule has 0 spiro atoms. The van der Waals surface area contributed by atoms with E-state index in [1.807, 2.05) is 6.07 Å². The summed E-state index contributed by atoms with van der Waals surface area (Å²) in [6.07, 6.45) is 3.12. The second kappa shape index (κ2) is 12.9. The fourth-order valence-electron chi connectivity index (χ4n) is 3.50. The van der Waals surface area contributed by atoms with Crippen LogP contribution in [0.25, 0.3) is 0 Å². The van der Waals surface area contributed by atoms with Gasteiger partial charge in [0, 0.05) is 67.4 Å². The lowest BCUT2D eigenvalue weighted by Gasteiger charge is -2.34. The number of thiophene rings is 1. The zero-order valence-electron chi connectivity index (χ0n) is 18.0. The molecule has 1 aromatic carbocycles. The van der Waals surface area contributed by atoms with Crippen LogP contribution in [0.2, 0.25) is 0 Å². The van der Waals surface area contributed by atoms with E-state index in [4.69, 9.17) is 14.5 Å². The van der Waals surface area contributed by atoms with Gasteiger partial charge in [-0.1, -0.05) is 6.07 Å². The molecule has 0 saturated carbocycles. The Bertz CT molecular complexity index is 755. The third-order valence-electron chi connectivity index (χ3n) is 5.09. The van der Waals surface area contributed by atoms with E-state index in [9.17, 15) is 0 Å². The highest BCUT2D eigenvalue weighted by atomic mass is 127. The van der Waals surface area contributed by atoms with Crippen LogP contribution in [0.3, 0.4) is 0 Å². The molecule has 0 amide bonds. The van der Waals surface area contributed by atoms with Gasteiger partial charge in [-0.2, -0.15) is 0 Å². The molecule has 1 saturated heterocycles. The Hall–Kier alpha value is -1.68. The molecule has 0 bridgehead atoms. The molecule has 0 aliphatic carbocycles. The van der Waals surface area contributed by atoms with Crippen molar-refractivity contribution in [3.63, 3.8) is 0 Å². The summed E-state index contributed by atoms with van der Waals surface area (Å²) < 4.78 is 10.8. The maximum atomic E-state index is 5.41. The number of benzene rings is 1. The van der Waals surface area contributed by atoms with Gasteiger partial charge in [0.05, 0.1) is 14.2 Å². The van der Waals surface area contributed by atoms with Gasteiger partial charge in [-0.3, -0.25) is 4.99 Å². The van der Waals surface area contributed by atoms with Crippen molar-refractivity contribution in [2.75, 3.05) is 45.3 Å². The van der Waals surface area contributed by atoms with Crippen molar-refractivity contribution < 1.29 is 9.47 Å². The number of aliphatic imine (C=N–C) groups is 1. The van der Waals surface area contributed by atoms with Crippen LogP contribution in [0, 0.1) is 0 Å². The number of ether oxygens (including phenoxy) is 2. The van der Waals surface area contributed by atoms with Crippen LogP contribution < -0.4 is 25.0 Å². The van der Waals surface area contributed by atoms with Gasteiger partial charge in [0.15, 0.2) is 5.96 Å². The first-order valence-corrected chi connectivity index (χ1v) is 11.1. The highest BCUT2D eigenvalue weighted by Gasteiger charge is 2.21. The summed E-state index contributed by atoms with van der Waals surface area (Å²) in [5.41, 5.74) is 1.15.